The second-order valence-corrected chi connectivity index (χ2v) is 3.15. The smallest absolute Gasteiger partial charge is 0.0914 e. The number of nitrogens with zero attached hydrogens (tertiary/aromatic N) is 2. The molecule has 3 nitrogen and oxygen atoms in total. The van der Waals surface area contributed by atoms with Crippen molar-refractivity contribution in [1.82, 2.24) is 9.59 Å². The highest BCUT2D eigenvalue weighted by Crippen LogP contribution is 2.22. The molecule has 0 bridgehead atoms. The van der Waals surface area contributed by atoms with Gasteiger partial charge in [-0.05, 0) is 24.4 Å². The van der Waals surface area contributed by atoms with Gasteiger partial charge in [-0.1, -0.05) is 18.3 Å². The fourth-order valence-electron chi connectivity index (χ4n) is 0.899. The van der Waals surface area contributed by atoms with Crippen LogP contribution in [0, 0.1) is 0 Å². The second kappa shape index (κ2) is 3.78. The Morgan fingerprint density at radius 3 is 2.82 bits per heavy atom. The molecule has 1 aromatic rings. The fourth-order valence-corrected chi connectivity index (χ4v) is 1.71. The van der Waals surface area contributed by atoms with Crippen LogP contribution in [0.4, 0.5) is 0 Å². The van der Waals surface area contributed by atoms with Crippen molar-refractivity contribution >= 4 is 11.5 Å². The van der Waals surface area contributed by atoms with E-state index in [1.54, 1.807) is 0 Å². The van der Waals surface area contributed by atoms with Crippen molar-refractivity contribution in [3.05, 3.63) is 10.6 Å². The van der Waals surface area contributed by atoms with E-state index in [1.165, 1.54) is 11.5 Å². The lowest BCUT2D eigenvalue weighted by Crippen LogP contribution is -1.96. The molecule has 0 radical (unpaired) electrons. The lowest BCUT2D eigenvalue weighted by Gasteiger charge is -2.03. The molecule has 0 saturated carbocycles. The van der Waals surface area contributed by atoms with Crippen LogP contribution in [-0.4, -0.2) is 14.7 Å². The van der Waals surface area contributed by atoms with Crippen LogP contribution in [0.1, 0.15) is 36.9 Å². The first-order valence-corrected chi connectivity index (χ1v) is 4.56. The van der Waals surface area contributed by atoms with Crippen LogP contribution in [0.15, 0.2) is 0 Å². The average molecular weight is 172 g/mol. The lowest BCUT2D eigenvalue weighted by atomic mass is 10.2. The highest BCUT2D eigenvalue weighted by atomic mass is 32.1. The van der Waals surface area contributed by atoms with Crippen molar-refractivity contribution in [2.45, 2.75) is 32.8 Å². The average Bonchev–Trinajstić information content (AvgIpc) is 2.50. The van der Waals surface area contributed by atoms with Gasteiger partial charge in [-0.2, -0.15) is 0 Å². The van der Waals surface area contributed by atoms with E-state index in [2.05, 4.69) is 9.59 Å². The maximum absolute atomic E-state index is 9.46. The van der Waals surface area contributed by atoms with E-state index in [0.29, 0.717) is 0 Å². The first-order valence-electron chi connectivity index (χ1n) is 3.78. The normalized spacial score (nSPS) is 13.4. The van der Waals surface area contributed by atoms with Crippen LogP contribution < -0.4 is 0 Å². The van der Waals surface area contributed by atoms with Gasteiger partial charge < -0.3 is 5.11 Å². The summed E-state index contributed by atoms with van der Waals surface area (Å²) in [6.07, 6.45) is 1.21. The van der Waals surface area contributed by atoms with E-state index in [0.717, 1.165) is 23.4 Å². The van der Waals surface area contributed by atoms with Gasteiger partial charge in [0.1, 0.15) is 0 Å². The molecular weight excluding hydrogens is 160 g/mol. The van der Waals surface area contributed by atoms with Crippen LogP contribution in [-0.2, 0) is 6.42 Å². The van der Waals surface area contributed by atoms with Gasteiger partial charge in [-0.25, -0.2) is 0 Å². The molecule has 0 aliphatic rings. The number of aliphatic hydroxyl groups excluding tert-OH is 1. The third-order valence-electron chi connectivity index (χ3n) is 1.61. The van der Waals surface area contributed by atoms with Gasteiger partial charge in [0.05, 0.1) is 16.7 Å². The summed E-state index contributed by atoms with van der Waals surface area (Å²) < 4.78 is 3.79. The van der Waals surface area contributed by atoms with E-state index >= 15 is 0 Å². The molecular formula is C7H12N2OS. The van der Waals surface area contributed by atoms with Gasteiger partial charge in [-0.15, -0.1) is 5.10 Å². The molecule has 0 aliphatic heterocycles. The molecule has 1 N–H and O–H groups in total. The molecule has 0 aromatic carbocycles. The van der Waals surface area contributed by atoms with Crippen molar-refractivity contribution in [2.75, 3.05) is 0 Å². The molecule has 0 aliphatic carbocycles. The summed E-state index contributed by atoms with van der Waals surface area (Å²) in [7, 11) is 0. The summed E-state index contributed by atoms with van der Waals surface area (Å²) >= 11 is 1.30. The summed E-state index contributed by atoms with van der Waals surface area (Å²) in [5.74, 6) is 0. The number of aromatic nitrogens is 2. The first kappa shape index (κ1) is 8.62. The zero-order chi connectivity index (χ0) is 8.27. The molecule has 11 heavy (non-hydrogen) atoms. The van der Waals surface area contributed by atoms with Crippen LogP contribution >= 0.6 is 11.5 Å². The third kappa shape index (κ3) is 1.75. The Balaban J connectivity index is 2.83. The Bertz CT molecular complexity index is 224. The Kier molecular flexibility index (Phi) is 2.96. The molecule has 0 amide bonds. The van der Waals surface area contributed by atoms with Crippen LogP contribution in [0.2, 0.25) is 0 Å². The van der Waals surface area contributed by atoms with Crippen LogP contribution in [0.3, 0.4) is 0 Å². The highest BCUT2D eigenvalue weighted by Gasteiger charge is 2.12. The first-order chi connectivity index (χ1) is 5.29. The predicted octanol–water partition coefficient (Wildman–Crippen LogP) is 1.54. The summed E-state index contributed by atoms with van der Waals surface area (Å²) in [4.78, 5) is 0.926. The molecule has 1 unspecified atom stereocenters. The van der Waals surface area contributed by atoms with E-state index in [1.807, 2.05) is 13.8 Å². The van der Waals surface area contributed by atoms with Gasteiger partial charge in [-0.3, -0.25) is 0 Å². The molecule has 0 saturated heterocycles. The predicted molar refractivity (Wildman–Crippen MR) is 44.5 cm³/mol. The van der Waals surface area contributed by atoms with Gasteiger partial charge >= 0.3 is 0 Å². The number of hydrogen-bond donors (Lipinski definition) is 1. The molecule has 1 atom stereocenters. The van der Waals surface area contributed by atoms with Crippen molar-refractivity contribution in [3.63, 3.8) is 0 Å². The van der Waals surface area contributed by atoms with E-state index in [9.17, 15) is 5.11 Å². The Morgan fingerprint density at radius 2 is 2.27 bits per heavy atom. The summed E-state index contributed by atoms with van der Waals surface area (Å²) in [6.45, 7) is 3.96. The van der Waals surface area contributed by atoms with Crippen LogP contribution in [0.25, 0.3) is 0 Å². The summed E-state index contributed by atoms with van der Waals surface area (Å²) in [5, 5.41) is 13.4. The Hall–Kier alpha value is -0.480. The largest absolute Gasteiger partial charge is 0.387 e. The summed E-state index contributed by atoms with van der Waals surface area (Å²) in [6, 6.07) is 0. The second-order valence-electron chi connectivity index (χ2n) is 2.36. The monoisotopic (exact) mass is 172 g/mol. The SMILES string of the molecule is CCc1nnsc1C(O)CC. The quantitative estimate of drug-likeness (QED) is 0.752. The van der Waals surface area contributed by atoms with E-state index in [4.69, 9.17) is 0 Å². The Morgan fingerprint density at radius 1 is 1.55 bits per heavy atom. The van der Waals surface area contributed by atoms with Crippen molar-refractivity contribution in [1.29, 1.82) is 0 Å². The topological polar surface area (TPSA) is 46.0 Å². The number of rotatable bonds is 3. The maximum atomic E-state index is 9.46. The third-order valence-corrected chi connectivity index (χ3v) is 2.48. The van der Waals surface area contributed by atoms with E-state index < -0.39 is 0 Å². The summed E-state index contributed by atoms with van der Waals surface area (Å²) in [5.41, 5.74) is 0.935. The lowest BCUT2D eigenvalue weighted by molar-refractivity contribution is 0.176. The number of aliphatic hydroxyl groups is 1. The minimum Gasteiger partial charge on any atom is -0.387 e. The van der Waals surface area contributed by atoms with Gasteiger partial charge in [0.2, 0.25) is 0 Å². The van der Waals surface area contributed by atoms with Crippen molar-refractivity contribution in [2.24, 2.45) is 0 Å². The van der Waals surface area contributed by atoms with Crippen molar-refractivity contribution in [3.8, 4) is 0 Å². The molecule has 62 valence electrons. The Labute approximate surface area is 70.2 Å². The highest BCUT2D eigenvalue weighted by molar-refractivity contribution is 7.05. The molecule has 0 fully saturated rings. The number of aryl methyl sites for hydroxylation is 1. The van der Waals surface area contributed by atoms with Gasteiger partial charge in [0, 0.05) is 0 Å². The minimum atomic E-state index is -0.370. The standard InChI is InChI=1S/C7H12N2OS/c1-3-5-7(6(10)4-2)11-9-8-5/h6,10H,3-4H2,1-2H3. The molecule has 1 heterocycles. The molecule has 4 heteroatoms. The van der Waals surface area contributed by atoms with Gasteiger partial charge in [0.15, 0.2) is 0 Å². The minimum absolute atomic E-state index is 0.370. The zero-order valence-electron chi connectivity index (χ0n) is 6.74. The molecule has 0 spiro atoms. The maximum Gasteiger partial charge on any atom is 0.0914 e. The fraction of sp³-hybridized carbons (Fsp3) is 0.714. The molecule has 1 aromatic heterocycles. The van der Waals surface area contributed by atoms with Crippen molar-refractivity contribution < 1.29 is 5.11 Å². The van der Waals surface area contributed by atoms with E-state index in [-0.39, 0.29) is 6.10 Å². The number of hydrogen-bond acceptors (Lipinski definition) is 4. The zero-order valence-corrected chi connectivity index (χ0v) is 7.56. The molecule has 1 rings (SSSR count). The van der Waals surface area contributed by atoms with Gasteiger partial charge in [0.25, 0.3) is 0 Å². The van der Waals surface area contributed by atoms with Crippen LogP contribution in [0.5, 0.6) is 0 Å².